The molecule has 3 N–H and O–H groups in total. The summed E-state index contributed by atoms with van der Waals surface area (Å²) < 4.78 is 35.8. The number of carbonyl (C=O) groups excluding carboxylic acids is 2. The quantitative estimate of drug-likeness (QED) is 0.646. The summed E-state index contributed by atoms with van der Waals surface area (Å²) in [5, 5.41) is 12.7. The van der Waals surface area contributed by atoms with Crippen molar-refractivity contribution in [1.82, 2.24) is 10.6 Å². The summed E-state index contributed by atoms with van der Waals surface area (Å²) in [6, 6.07) is 7.18. The van der Waals surface area contributed by atoms with Crippen molar-refractivity contribution in [3.63, 3.8) is 0 Å². The lowest BCUT2D eigenvalue weighted by molar-refractivity contribution is -0.144. The standard InChI is InChI=1S/C14H15F3N2O4/c15-14(16,17)8-18-11(20)7-12(21)19-10(13(22)23)6-9-4-2-1-3-5-9/h1-5,10H,6-8H2,(H,18,20)(H,19,21)(H,22,23). The van der Waals surface area contributed by atoms with Crippen LogP contribution < -0.4 is 10.6 Å². The highest BCUT2D eigenvalue weighted by molar-refractivity contribution is 5.98. The SMILES string of the molecule is O=C(CC(=O)NC(Cc1ccccc1)C(=O)O)NCC(F)(F)F. The first-order valence-electron chi connectivity index (χ1n) is 6.57. The van der Waals surface area contributed by atoms with E-state index in [1.165, 1.54) is 5.32 Å². The molecule has 1 atom stereocenters. The summed E-state index contributed by atoms with van der Waals surface area (Å²) >= 11 is 0. The third kappa shape index (κ3) is 7.84. The van der Waals surface area contributed by atoms with Crippen molar-refractivity contribution in [3.8, 4) is 0 Å². The van der Waals surface area contributed by atoms with Crippen LogP contribution in [0.2, 0.25) is 0 Å². The van der Waals surface area contributed by atoms with Crippen molar-refractivity contribution in [1.29, 1.82) is 0 Å². The van der Waals surface area contributed by atoms with E-state index in [1.54, 1.807) is 30.3 Å². The largest absolute Gasteiger partial charge is 0.480 e. The fourth-order valence-electron chi connectivity index (χ4n) is 1.70. The summed E-state index contributed by atoms with van der Waals surface area (Å²) in [5.74, 6) is -3.41. The fraction of sp³-hybridized carbons (Fsp3) is 0.357. The Morgan fingerprint density at radius 1 is 1.09 bits per heavy atom. The number of alkyl halides is 3. The van der Waals surface area contributed by atoms with Crippen molar-refractivity contribution in [2.45, 2.75) is 25.1 Å². The molecule has 0 aliphatic rings. The molecule has 0 heterocycles. The number of hydrogen-bond acceptors (Lipinski definition) is 3. The predicted molar refractivity (Wildman–Crippen MR) is 73.4 cm³/mol. The lowest BCUT2D eigenvalue weighted by Gasteiger charge is -2.15. The second-order valence-corrected chi connectivity index (χ2v) is 4.72. The minimum Gasteiger partial charge on any atom is -0.480 e. The highest BCUT2D eigenvalue weighted by Crippen LogP contribution is 2.12. The van der Waals surface area contributed by atoms with Gasteiger partial charge in [-0.05, 0) is 5.56 Å². The van der Waals surface area contributed by atoms with E-state index >= 15 is 0 Å². The zero-order chi connectivity index (χ0) is 17.5. The van der Waals surface area contributed by atoms with Crippen molar-refractivity contribution < 1.29 is 32.7 Å². The van der Waals surface area contributed by atoms with E-state index < -0.39 is 43.0 Å². The molecule has 23 heavy (non-hydrogen) atoms. The Balaban J connectivity index is 2.51. The van der Waals surface area contributed by atoms with E-state index in [-0.39, 0.29) is 6.42 Å². The fourth-order valence-corrected chi connectivity index (χ4v) is 1.70. The molecular weight excluding hydrogens is 317 g/mol. The van der Waals surface area contributed by atoms with Crippen LogP contribution in [0.15, 0.2) is 30.3 Å². The molecule has 0 saturated heterocycles. The number of carbonyl (C=O) groups is 3. The Morgan fingerprint density at radius 2 is 1.70 bits per heavy atom. The highest BCUT2D eigenvalue weighted by Gasteiger charge is 2.28. The van der Waals surface area contributed by atoms with Gasteiger partial charge in [0.1, 0.15) is 19.0 Å². The molecule has 1 aromatic carbocycles. The minimum atomic E-state index is -4.58. The number of carboxylic acid groups (broad SMARTS) is 1. The first-order chi connectivity index (χ1) is 10.7. The Morgan fingerprint density at radius 3 is 2.22 bits per heavy atom. The molecule has 0 aliphatic heterocycles. The first-order valence-corrected chi connectivity index (χ1v) is 6.57. The molecule has 0 fully saturated rings. The van der Waals surface area contributed by atoms with Crippen LogP contribution in [0.5, 0.6) is 0 Å². The monoisotopic (exact) mass is 332 g/mol. The van der Waals surface area contributed by atoms with Gasteiger partial charge in [-0.15, -0.1) is 0 Å². The van der Waals surface area contributed by atoms with Crippen LogP contribution in [-0.2, 0) is 20.8 Å². The zero-order valence-electron chi connectivity index (χ0n) is 11.9. The van der Waals surface area contributed by atoms with Crippen molar-refractivity contribution in [2.24, 2.45) is 0 Å². The van der Waals surface area contributed by atoms with Crippen LogP contribution in [0, 0.1) is 0 Å². The average molecular weight is 332 g/mol. The molecule has 1 aromatic rings. The molecule has 1 rings (SSSR count). The molecule has 6 nitrogen and oxygen atoms in total. The van der Waals surface area contributed by atoms with Crippen LogP contribution in [0.3, 0.4) is 0 Å². The molecule has 2 amide bonds. The molecule has 126 valence electrons. The third-order valence-electron chi connectivity index (χ3n) is 2.72. The van der Waals surface area contributed by atoms with Gasteiger partial charge < -0.3 is 15.7 Å². The van der Waals surface area contributed by atoms with Gasteiger partial charge in [0.05, 0.1) is 0 Å². The van der Waals surface area contributed by atoms with Crippen molar-refractivity contribution in [2.75, 3.05) is 6.54 Å². The lowest BCUT2D eigenvalue weighted by Crippen LogP contribution is -2.44. The molecule has 0 radical (unpaired) electrons. The van der Waals surface area contributed by atoms with Gasteiger partial charge in [-0.1, -0.05) is 30.3 Å². The molecule has 9 heteroatoms. The van der Waals surface area contributed by atoms with E-state index in [9.17, 15) is 27.6 Å². The maximum Gasteiger partial charge on any atom is 0.405 e. The normalized spacial score (nSPS) is 12.3. The number of halogens is 3. The van der Waals surface area contributed by atoms with Gasteiger partial charge >= 0.3 is 12.1 Å². The molecule has 0 aromatic heterocycles. The Kier molecular flexibility index (Phi) is 6.55. The van der Waals surface area contributed by atoms with Crippen molar-refractivity contribution >= 4 is 17.8 Å². The van der Waals surface area contributed by atoms with Gasteiger partial charge in [0.25, 0.3) is 0 Å². The molecule has 0 aliphatic carbocycles. The van der Waals surface area contributed by atoms with E-state index in [1.807, 2.05) is 0 Å². The highest BCUT2D eigenvalue weighted by atomic mass is 19.4. The summed E-state index contributed by atoms with van der Waals surface area (Å²) in [6.07, 6.45) is -5.47. The molecular formula is C14H15F3N2O4. The average Bonchev–Trinajstić information content (AvgIpc) is 2.44. The molecule has 0 bridgehead atoms. The predicted octanol–water partition coefficient (Wildman–Crippen LogP) is 0.867. The Hall–Kier alpha value is -2.58. The summed E-state index contributed by atoms with van der Waals surface area (Å²) in [6.45, 7) is -1.55. The number of carboxylic acids is 1. The van der Waals surface area contributed by atoms with Gasteiger partial charge in [0, 0.05) is 6.42 Å². The Bertz CT molecular complexity index is 561. The second-order valence-electron chi connectivity index (χ2n) is 4.72. The third-order valence-corrected chi connectivity index (χ3v) is 2.72. The molecule has 1 unspecified atom stereocenters. The maximum absolute atomic E-state index is 11.9. The van der Waals surface area contributed by atoms with Crippen LogP contribution in [0.4, 0.5) is 13.2 Å². The van der Waals surface area contributed by atoms with Gasteiger partial charge in [-0.2, -0.15) is 13.2 Å². The smallest absolute Gasteiger partial charge is 0.405 e. The topological polar surface area (TPSA) is 95.5 Å². The van der Waals surface area contributed by atoms with E-state index in [2.05, 4.69) is 5.32 Å². The van der Waals surface area contributed by atoms with E-state index in [4.69, 9.17) is 5.11 Å². The van der Waals surface area contributed by atoms with Crippen LogP contribution in [-0.4, -0.2) is 41.7 Å². The number of aliphatic carboxylic acids is 1. The first kappa shape index (κ1) is 18.5. The summed E-state index contributed by atoms with van der Waals surface area (Å²) in [7, 11) is 0. The maximum atomic E-state index is 11.9. The number of rotatable bonds is 7. The summed E-state index contributed by atoms with van der Waals surface area (Å²) in [5.41, 5.74) is 0.654. The van der Waals surface area contributed by atoms with Crippen molar-refractivity contribution in [3.05, 3.63) is 35.9 Å². The number of nitrogens with one attached hydrogen (secondary N) is 2. The van der Waals surface area contributed by atoms with E-state index in [0.29, 0.717) is 5.56 Å². The van der Waals surface area contributed by atoms with Crippen LogP contribution in [0.1, 0.15) is 12.0 Å². The van der Waals surface area contributed by atoms with Crippen LogP contribution in [0.25, 0.3) is 0 Å². The van der Waals surface area contributed by atoms with E-state index in [0.717, 1.165) is 0 Å². The van der Waals surface area contributed by atoms with Gasteiger partial charge in [0.15, 0.2) is 0 Å². The summed E-state index contributed by atoms with van der Waals surface area (Å²) in [4.78, 5) is 33.9. The minimum absolute atomic E-state index is 0.00785. The van der Waals surface area contributed by atoms with Gasteiger partial charge in [-0.25, -0.2) is 4.79 Å². The lowest BCUT2D eigenvalue weighted by atomic mass is 10.1. The number of amides is 2. The number of hydrogen-bond donors (Lipinski definition) is 3. The van der Waals surface area contributed by atoms with Crippen LogP contribution >= 0.6 is 0 Å². The van der Waals surface area contributed by atoms with Gasteiger partial charge in [0.2, 0.25) is 11.8 Å². The Labute approximate surface area is 129 Å². The molecule has 0 spiro atoms. The zero-order valence-corrected chi connectivity index (χ0v) is 11.9. The molecule has 0 saturated carbocycles. The number of benzene rings is 1. The second kappa shape index (κ2) is 8.16. The van der Waals surface area contributed by atoms with Gasteiger partial charge in [-0.3, -0.25) is 9.59 Å².